The number of hydrogen-bond donors (Lipinski definition) is 1. The fraction of sp³-hybridized carbons (Fsp3) is 0.160. The van der Waals surface area contributed by atoms with Crippen molar-refractivity contribution in [3.8, 4) is 5.69 Å². The number of thioether (sulfide) groups is 1. The van der Waals surface area contributed by atoms with Gasteiger partial charge in [-0.15, -0.1) is 10.2 Å². The van der Waals surface area contributed by atoms with Crippen molar-refractivity contribution in [1.82, 2.24) is 14.8 Å². The summed E-state index contributed by atoms with van der Waals surface area (Å²) in [5.74, 6) is 0.945. The molecule has 1 amide bonds. The number of aryl methyl sites for hydroxylation is 2. The molecule has 0 saturated carbocycles. The zero-order chi connectivity index (χ0) is 23.4. The summed E-state index contributed by atoms with van der Waals surface area (Å²) in [5, 5.41) is 13.2. The Labute approximate surface area is 216 Å². The molecule has 3 aromatic carbocycles. The quantitative estimate of drug-likeness (QED) is 0.199. The molecule has 0 spiro atoms. The summed E-state index contributed by atoms with van der Waals surface area (Å²) in [4.78, 5) is 12.8. The summed E-state index contributed by atoms with van der Waals surface area (Å²) in [6.07, 6.45) is 0.629. The van der Waals surface area contributed by atoms with Crippen LogP contribution in [-0.2, 0) is 11.2 Å². The number of hydrogen-bond acceptors (Lipinski definition) is 4. The predicted octanol–water partition coefficient (Wildman–Crippen LogP) is 6.46. The van der Waals surface area contributed by atoms with Gasteiger partial charge in [-0.2, -0.15) is 0 Å². The minimum absolute atomic E-state index is 0.0809. The third-order valence-corrected chi connectivity index (χ3v) is 6.89. The third-order valence-electron chi connectivity index (χ3n) is 5.08. The molecule has 1 aromatic heterocycles. The van der Waals surface area contributed by atoms with Gasteiger partial charge in [-0.05, 0) is 89.5 Å². The first-order valence-electron chi connectivity index (χ1n) is 10.3. The third kappa shape index (κ3) is 5.96. The second kappa shape index (κ2) is 10.7. The molecule has 0 bridgehead atoms. The van der Waals surface area contributed by atoms with E-state index in [0.29, 0.717) is 16.6 Å². The largest absolute Gasteiger partial charge is 0.325 e. The Kier molecular flexibility index (Phi) is 7.72. The summed E-state index contributed by atoms with van der Waals surface area (Å²) in [7, 11) is 0. The number of amides is 1. The van der Waals surface area contributed by atoms with Crippen molar-refractivity contribution in [1.29, 1.82) is 0 Å². The average molecular weight is 589 g/mol. The molecule has 0 aliphatic rings. The molecule has 0 atom stereocenters. The Hall–Kier alpha value is -2.36. The number of anilines is 1. The Morgan fingerprint density at radius 1 is 1.03 bits per heavy atom. The molecule has 1 heterocycles. The van der Waals surface area contributed by atoms with Crippen LogP contribution in [0.15, 0.2) is 71.9 Å². The van der Waals surface area contributed by atoms with Gasteiger partial charge in [0.25, 0.3) is 0 Å². The number of carbonyl (C=O) groups is 1. The van der Waals surface area contributed by atoms with Crippen molar-refractivity contribution in [2.45, 2.75) is 25.4 Å². The SMILES string of the molecule is Cc1cc(I)cc(C)c1NC(=O)CSc1nnc(Cc2ccccc2)n1-c1ccc(Cl)cc1. The molecule has 0 fully saturated rings. The molecule has 1 N–H and O–H groups in total. The Balaban J connectivity index is 1.56. The van der Waals surface area contributed by atoms with Gasteiger partial charge in [-0.1, -0.05) is 53.7 Å². The highest BCUT2D eigenvalue weighted by Gasteiger charge is 2.17. The van der Waals surface area contributed by atoms with E-state index in [1.54, 1.807) is 0 Å². The lowest BCUT2D eigenvalue weighted by Gasteiger charge is -2.13. The Morgan fingerprint density at radius 3 is 2.36 bits per heavy atom. The van der Waals surface area contributed by atoms with E-state index in [1.165, 1.54) is 11.8 Å². The smallest absolute Gasteiger partial charge is 0.234 e. The van der Waals surface area contributed by atoms with E-state index in [-0.39, 0.29) is 11.7 Å². The van der Waals surface area contributed by atoms with E-state index in [2.05, 4.69) is 62.4 Å². The van der Waals surface area contributed by atoms with Crippen molar-refractivity contribution in [2.75, 3.05) is 11.1 Å². The zero-order valence-electron chi connectivity index (χ0n) is 18.2. The number of rotatable bonds is 7. The highest BCUT2D eigenvalue weighted by Crippen LogP contribution is 2.26. The first-order valence-corrected chi connectivity index (χ1v) is 12.8. The first-order chi connectivity index (χ1) is 15.9. The number of aromatic nitrogens is 3. The van der Waals surface area contributed by atoms with E-state index < -0.39 is 0 Å². The summed E-state index contributed by atoms with van der Waals surface area (Å²) in [6.45, 7) is 4.01. The van der Waals surface area contributed by atoms with Gasteiger partial charge in [0, 0.05) is 26.4 Å². The van der Waals surface area contributed by atoms with Gasteiger partial charge >= 0.3 is 0 Å². The maximum absolute atomic E-state index is 12.8. The fourth-order valence-electron chi connectivity index (χ4n) is 3.55. The highest BCUT2D eigenvalue weighted by molar-refractivity contribution is 14.1. The van der Waals surface area contributed by atoms with Crippen LogP contribution >= 0.6 is 46.0 Å². The van der Waals surface area contributed by atoms with E-state index in [4.69, 9.17) is 11.6 Å². The molecule has 4 rings (SSSR count). The lowest BCUT2D eigenvalue weighted by molar-refractivity contribution is -0.113. The second-order valence-electron chi connectivity index (χ2n) is 7.62. The van der Waals surface area contributed by atoms with Crippen molar-refractivity contribution in [2.24, 2.45) is 0 Å². The Bertz CT molecular complexity index is 1250. The number of halogens is 2. The van der Waals surface area contributed by atoms with Gasteiger partial charge in [-0.3, -0.25) is 9.36 Å². The van der Waals surface area contributed by atoms with E-state index in [9.17, 15) is 4.79 Å². The zero-order valence-corrected chi connectivity index (χ0v) is 21.9. The van der Waals surface area contributed by atoms with Crippen LogP contribution in [0.2, 0.25) is 5.02 Å². The molecule has 0 saturated heterocycles. The maximum Gasteiger partial charge on any atom is 0.234 e. The molecule has 33 heavy (non-hydrogen) atoms. The molecule has 0 radical (unpaired) electrons. The van der Waals surface area contributed by atoms with Crippen LogP contribution in [0.1, 0.15) is 22.5 Å². The lowest BCUT2D eigenvalue weighted by atomic mass is 10.1. The lowest BCUT2D eigenvalue weighted by Crippen LogP contribution is -2.16. The van der Waals surface area contributed by atoms with E-state index in [0.717, 1.165) is 37.5 Å². The molecule has 8 heteroatoms. The van der Waals surface area contributed by atoms with Crippen LogP contribution in [0, 0.1) is 17.4 Å². The average Bonchev–Trinajstić information content (AvgIpc) is 3.18. The Morgan fingerprint density at radius 2 is 1.70 bits per heavy atom. The summed E-state index contributed by atoms with van der Waals surface area (Å²) >= 11 is 9.74. The minimum atomic E-state index is -0.0809. The van der Waals surface area contributed by atoms with Crippen LogP contribution in [0.4, 0.5) is 5.69 Å². The van der Waals surface area contributed by atoms with Gasteiger partial charge in [0.05, 0.1) is 5.75 Å². The standard InChI is InChI=1S/C25H22ClIN4OS/c1-16-12-20(27)13-17(2)24(16)28-23(32)15-33-25-30-29-22(14-18-6-4-3-5-7-18)31(25)21-10-8-19(26)9-11-21/h3-13H,14-15H2,1-2H3,(H,28,32). The van der Waals surface area contributed by atoms with Gasteiger partial charge < -0.3 is 5.32 Å². The molecule has 168 valence electrons. The topological polar surface area (TPSA) is 59.8 Å². The van der Waals surface area contributed by atoms with Crippen molar-refractivity contribution in [3.63, 3.8) is 0 Å². The van der Waals surface area contributed by atoms with E-state index in [1.807, 2.05) is 60.9 Å². The molecule has 0 aliphatic carbocycles. The summed E-state index contributed by atoms with van der Waals surface area (Å²) in [6, 6.07) is 21.8. The van der Waals surface area contributed by atoms with Gasteiger partial charge in [0.15, 0.2) is 5.16 Å². The molecule has 0 aliphatic heterocycles. The van der Waals surface area contributed by atoms with Crippen LogP contribution < -0.4 is 5.32 Å². The fourth-order valence-corrected chi connectivity index (χ4v) is 5.38. The molecule has 5 nitrogen and oxygen atoms in total. The number of nitrogens with one attached hydrogen (secondary N) is 1. The van der Waals surface area contributed by atoms with Crippen molar-refractivity contribution in [3.05, 3.63) is 97.8 Å². The van der Waals surface area contributed by atoms with Crippen LogP contribution in [0.25, 0.3) is 5.69 Å². The molecular weight excluding hydrogens is 567 g/mol. The second-order valence-corrected chi connectivity index (χ2v) is 10.2. The molecule has 0 unspecified atom stereocenters. The number of nitrogens with zero attached hydrogens (tertiary/aromatic N) is 3. The van der Waals surface area contributed by atoms with E-state index >= 15 is 0 Å². The van der Waals surface area contributed by atoms with Crippen LogP contribution in [0.3, 0.4) is 0 Å². The first kappa shape index (κ1) is 23.8. The molecule has 4 aromatic rings. The number of benzene rings is 3. The minimum Gasteiger partial charge on any atom is -0.325 e. The van der Waals surface area contributed by atoms with Crippen molar-refractivity contribution >= 4 is 57.5 Å². The maximum atomic E-state index is 12.8. The van der Waals surface area contributed by atoms with Gasteiger partial charge in [-0.25, -0.2) is 0 Å². The monoisotopic (exact) mass is 588 g/mol. The highest BCUT2D eigenvalue weighted by atomic mass is 127. The predicted molar refractivity (Wildman–Crippen MR) is 144 cm³/mol. The summed E-state index contributed by atoms with van der Waals surface area (Å²) in [5.41, 5.74) is 5.01. The van der Waals surface area contributed by atoms with Gasteiger partial charge in [0.2, 0.25) is 5.91 Å². The summed E-state index contributed by atoms with van der Waals surface area (Å²) < 4.78 is 3.14. The van der Waals surface area contributed by atoms with Crippen LogP contribution in [-0.4, -0.2) is 26.4 Å². The molecular formula is C25H22ClIN4OS. The van der Waals surface area contributed by atoms with Crippen LogP contribution in [0.5, 0.6) is 0 Å². The van der Waals surface area contributed by atoms with Crippen molar-refractivity contribution < 1.29 is 4.79 Å². The normalized spacial score (nSPS) is 10.9. The number of carbonyl (C=O) groups excluding carboxylic acids is 1. The van der Waals surface area contributed by atoms with Gasteiger partial charge in [0.1, 0.15) is 5.82 Å².